The van der Waals surface area contributed by atoms with Gasteiger partial charge in [-0.25, -0.2) is 9.37 Å². The lowest BCUT2D eigenvalue weighted by molar-refractivity contribution is -0.128. The second kappa shape index (κ2) is 5.97. The van der Waals surface area contributed by atoms with E-state index in [0.29, 0.717) is 22.9 Å². The largest absolute Gasteiger partial charge is 0.326 e. The molecule has 0 fully saturated rings. The van der Waals surface area contributed by atoms with Crippen LogP contribution in [-0.2, 0) is 16.1 Å². The van der Waals surface area contributed by atoms with Crippen molar-refractivity contribution >= 4 is 40.0 Å². The Hall–Kier alpha value is -2.73. The number of aryl methyl sites for hydroxylation is 1. The van der Waals surface area contributed by atoms with Crippen LogP contribution in [0.15, 0.2) is 42.5 Å². The number of para-hydroxylation sites is 1. The molecule has 126 valence electrons. The molecule has 5 nitrogen and oxygen atoms in total. The van der Waals surface area contributed by atoms with Gasteiger partial charge >= 0.3 is 0 Å². The molecule has 1 unspecified atom stereocenters. The van der Waals surface area contributed by atoms with Gasteiger partial charge in [0.15, 0.2) is 11.7 Å². The van der Waals surface area contributed by atoms with Crippen LogP contribution < -0.4 is 5.32 Å². The lowest BCUT2D eigenvalue weighted by atomic mass is 9.96. The molecule has 2 heterocycles. The normalized spacial score (nSPS) is 16.7. The van der Waals surface area contributed by atoms with E-state index in [1.807, 2.05) is 10.6 Å². The number of ketones is 1. The number of carbonyl (C=O) groups is 2. The van der Waals surface area contributed by atoms with E-state index >= 15 is 0 Å². The molecule has 1 aromatic heterocycles. The Morgan fingerprint density at radius 3 is 2.88 bits per heavy atom. The molecule has 3 aromatic rings. The highest BCUT2D eigenvalue weighted by Gasteiger charge is 2.36. The number of Topliss-reactive ketones (excluding diaryl/α,β-unsaturated/α-hetero) is 1. The van der Waals surface area contributed by atoms with Crippen molar-refractivity contribution in [1.29, 1.82) is 0 Å². The summed E-state index contributed by atoms with van der Waals surface area (Å²) < 4.78 is 15.6. The van der Waals surface area contributed by atoms with E-state index in [1.54, 1.807) is 18.2 Å². The maximum Gasteiger partial charge on any atom is 0.242 e. The molecule has 0 radical (unpaired) electrons. The zero-order valence-electron chi connectivity index (χ0n) is 13.0. The Morgan fingerprint density at radius 1 is 1.28 bits per heavy atom. The van der Waals surface area contributed by atoms with Gasteiger partial charge in [0.2, 0.25) is 5.91 Å². The van der Waals surface area contributed by atoms with Gasteiger partial charge in [-0.1, -0.05) is 23.7 Å². The predicted molar refractivity (Wildman–Crippen MR) is 92.1 cm³/mol. The van der Waals surface area contributed by atoms with Crippen molar-refractivity contribution in [3.05, 3.63) is 59.1 Å². The first-order valence-corrected chi connectivity index (χ1v) is 8.16. The number of hydrogen-bond acceptors (Lipinski definition) is 3. The number of nitrogens with zero attached hydrogens (tertiary/aromatic N) is 2. The predicted octanol–water partition coefficient (Wildman–Crippen LogP) is 3.52. The van der Waals surface area contributed by atoms with Crippen molar-refractivity contribution in [3.63, 3.8) is 0 Å². The minimum atomic E-state index is -1.07. The first-order valence-electron chi connectivity index (χ1n) is 7.78. The third-order valence-corrected chi connectivity index (χ3v) is 4.53. The number of nitrogens with one attached hydrogen (secondary N) is 1. The molecule has 0 aliphatic carbocycles. The smallest absolute Gasteiger partial charge is 0.242 e. The number of rotatable bonds is 2. The van der Waals surface area contributed by atoms with Gasteiger partial charge in [-0.3, -0.25) is 9.59 Å². The summed E-state index contributed by atoms with van der Waals surface area (Å²) in [5.41, 5.74) is 1.48. The van der Waals surface area contributed by atoms with Gasteiger partial charge in [-0.15, -0.1) is 0 Å². The zero-order valence-corrected chi connectivity index (χ0v) is 13.8. The Balaban J connectivity index is 1.75. The minimum Gasteiger partial charge on any atom is -0.326 e. The molecular weight excluding hydrogens is 345 g/mol. The van der Waals surface area contributed by atoms with Crippen LogP contribution in [-0.4, -0.2) is 21.2 Å². The Bertz CT molecular complexity index is 1010. The molecule has 1 aliphatic rings. The van der Waals surface area contributed by atoms with Crippen molar-refractivity contribution in [2.24, 2.45) is 0 Å². The molecule has 1 aliphatic heterocycles. The maximum absolute atomic E-state index is 13.8. The average Bonchev–Trinajstić information content (AvgIpc) is 2.93. The third kappa shape index (κ3) is 2.68. The third-order valence-electron chi connectivity index (χ3n) is 4.30. The first kappa shape index (κ1) is 15.8. The Kier molecular flexibility index (Phi) is 3.77. The maximum atomic E-state index is 13.8. The fourth-order valence-electron chi connectivity index (χ4n) is 3.12. The Labute approximate surface area is 147 Å². The van der Waals surface area contributed by atoms with Crippen LogP contribution in [0.5, 0.6) is 0 Å². The highest BCUT2D eigenvalue weighted by molar-refractivity contribution is 6.31. The van der Waals surface area contributed by atoms with Crippen LogP contribution in [0.2, 0.25) is 5.02 Å². The van der Waals surface area contributed by atoms with E-state index in [-0.39, 0.29) is 17.9 Å². The summed E-state index contributed by atoms with van der Waals surface area (Å²) in [5, 5.41) is 3.02. The number of imidazole rings is 1. The molecule has 1 atom stereocenters. The van der Waals surface area contributed by atoms with Gasteiger partial charge in [0.1, 0.15) is 11.6 Å². The SMILES string of the molecule is O=C1CCn2c(nc3cc(Cl)ccc32)C1C(=O)Nc1ccccc1F. The van der Waals surface area contributed by atoms with Crippen LogP contribution >= 0.6 is 11.6 Å². The van der Waals surface area contributed by atoms with Crippen LogP contribution in [0.4, 0.5) is 10.1 Å². The lowest BCUT2D eigenvalue weighted by Gasteiger charge is -2.22. The fraction of sp³-hybridized carbons (Fsp3) is 0.167. The van der Waals surface area contributed by atoms with E-state index in [1.165, 1.54) is 18.2 Å². The summed E-state index contributed by atoms with van der Waals surface area (Å²) >= 11 is 6.00. The van der Waals surface area contributed by atoms with Crippen molar-refractivity contribution < 1.29 is 14.0 Å². The molecular formula is C18H13ClFN3O2. The summed E-state index contributed by atoms with van der Waals surface area (Å²) in [6, 6.07) is 11.1. The minimum absolute atomic E-state index is 0.0385. The van der Waals surface area contributed by atoms with Gasteiger partial charge in [-0.05, 0) is 30.3 Å². The summed E-state index contributed by atoms with van der Waals surface area (Å²) in [4.78, 5) is 29.5. The fourth-order valence-corrected chi connectivity index (χ4v) is 3.28. The van der Waals surface area contributed by atoms with Crippen molar-refractivity contribution in [3.8, 4) is 0 Å². The number of anilines is 1. The molecule has 25 heavy (non-hydrogen) atoms. The number of benzene rings is 2. The Morgan fingerprint density at radius 2 is 2.08 bits per heavy atom. The van der Waals surface area contributed by atoms with Crippen LogP contribution in [0.3, 0.4) is 0 Å². The molecule has 1 N–H and O–H groups in total. The number of hydrogen-bond donors (Lipinski definition) is 1. The summed E-state index contributed by atoms with van der Waals surface area (Å²) in [7, 11) is 0. The van der Waals surface area contributed by atoms with Crippen molar-refractivity contribution in [1.82, 2.24) is 9.55 Å². The van der Waals surface area contributed by atoms with E-state index in [2.05, 4.69) is 10.3 Å². The number of aromatic nitrogens is 2. The van der Waals surface area contributed by atoms with Crippen LogP contribution in [0.1, 0.15) is 18.2 Å². The summed E-state index contributed by atoms with van der Waals surface area (Å²) in [5.74, 6) is -2.08. The van der Waals surface area contributed by atoms with Gasteiger partial charge in [-0.2, -0.15) is 0 Å². The van der Waals surface area contributed by atoms with Gasteiger partial charge < -0.3 is 9.88 Å². The molecule has 1 amide bonds. The highest BCUT2D eigenvalue weighted by atomic mass is 35.5. The first-order chi connectivity index (χ1) is 12.0. The topological polar surface area (TPSA) is 64.0 Å². The monoisotopic (exact) mass is 357 g/mol. The van der Waals surface area contributed by atoms with Crippen LogP contribution in [0, 0.1) is 5.82 Å². The molecule has 0 saturated carbocycles. The van der Waals surface area contributed by atoms with Crippen LogP contribution in [0.25, 0.3) is 11.0 Å². The van der Waals surface area contributed by atoms with E-state index < -0.39 is 17.6 Å². The number of amides is 1. The molecule has 7 heteroatoms. The molecule has 4 rings (SSSR count). The quantitative estimate of drug-likeness (QED) is 0.714. The molecule has 2 aromatic carbocycles. The second-order valence-corrected chi connectivity index (χ2v) is 6.31. The van der Waals surface area contributed by atoms with Crippen molar-refractivity contribution in [2.45, 2.75) is 18.9 Å². The molecule has 0 spiro atoms. The number of carbonyl (C=O) groups excluding carboxylic acids is 2. The van der Waals surface area contributed by atoms with E-state index in [9.17, 15) is 14.0 Å². The highest BCUT2D eigenvalue weighted by Crippen LogP contribution is 2.31. The van der Waals surface area contributed by atoms with Gasteiger partial charge in [0.25, 0.3) is 0 Å². The van der Waals surface area contributed by atoms with E-state index in [0.717, 1.165) is 5.52 Å². The van der Waals surface area contributed by atoms with Gasteiger partial charge in [0, 0.05) is 18.0 Å². The van der Waals surface area contributed by atoms with E-state index in [4.69, 9.17) is 11.6 Å². The summed E-state index contributed by atoms with van der Waals surface area (Å²) in [6.07, 6.45) is 0.219. The number of halogens is 2. The summed E-state index contributed by atoms with van der Waals surface area (Å²) in [6.45, 7) is 0.454. The van der Waals surface area contributed by atoms with Crippen molar-refractivity contribution in [2.75, 3.05) is 5.32 Å². The average molecular weight is 358 g/mol. The zero-order chi connectivity index (χ0) is 17.6. The number of fused-ring (bicyclic) bond motifs is 3. The lowest BCUT2D eigenvalue weighted by Crippen LogP contribution is -2.34. The standard InChI is InChI=1S/C18H13ClFN3O2/c19-10-5-6-14-13(9-10)21-17-16(15(24)7-8-23(14)17)18(25)22-12-4-2-1-3-11(12)20/h1-6,9,16H,7-8H2,(H,22,25). The molecule has 0 bridgehead atoms. The second-order valence-electron chi connectivity index (χ2n) is 5.87. The molecule has 0 saturated heterocycles. The van der Waals surface area contributed by atoms with Gasteiger partial charge in [0.05, 0.1) is 16.7 Å².